The second kappa shape index (κ2) is 6.97. The van der Waals surface area contributed by atoms with Crippen LogP contribution >= 0.6 is 15.9 Å². The molecule has 0 saturated carbocycles. The van der Waals surface area contributed by atoms with Crippen molar-refractivity contribution in [2.75, 3.05) is 5.33 Å². The highest BCUT2D eigenvalue weighted by Gasteiger charge is 2.01. The molecule has 0 rings (SSSR count). The molecule has 0 bridgehead atoms. The fourth-order valence-corrected chi connectivity index (χ4v) is 1.07. The summed E-state index contributed by atoms with van der Waals surface area (Å²) in [4.78, 5) is 13.5. The van der Waals surface area contributed by atoms with Crippen molar-refractivity contribution in [1.82, 2.24) is 0 Å². The number of isocyanates is 1. The van der Waals surface area contributed by atoms with E-state index in [1.54, 1.807) is 6.08 Å². The maximum absolute atomic E-state index is 9.83. The van der Waals surface area contributed by atoms with Crippen molar-refractivity contribution in [2.24, 2.45) is 4.99 Å². The smallest absolute Gasteiger partial charge is 0.211 e. The zero-order valence-corrected chi connectivity index (χ0v) is 7.73. The summed E-state index contributed by atoms with van der Waals surface area (Å²) in [6, 6.07) is 0.190. The van der Waals surface area contributed by atoms with Crippen LogP contribution in [0.1, 0.15) is 26.2 Å². The lowest BCUT2D eigenvalue weighted by atomic mass is 10.1. The summed E-state index contributed by atoms with van der Waals surface area (Å²) in [6.07, 6.45) is 4.58. The summed E-state index contributed by atoms with van der Waals surface area (Å²) in [5, 5.41) is 0.984. The van der Waals surface area contributed by atoms with E-state index in [2.05, 4.69) is 20.9 Å². The van der Waals surface area contributed by atoms with Gasteiger partial charge in [0.25, 0.3) is 0 Å². The number of carbonyl (C=O) groups excluding carboxylic acids is 1. The average molecular weight is 206 g/mol. The highest BCUT2D eigenvalue weighted by atomic mass is 79.9. The molecule has 0 aromatic rings. The standard InChI is InChI=1S/C7H12BrNO/c1-2-7(9-6-10)4-3-5-8/h7H,2-5H2,1H3. The van der Waals surface area contributed by atoms with Gasteiger partial charge in [-0.05, 0) is 19.3 Å². The van der Waals surface area contributed by atoms with E-state index >= 15 is 0 Å². The Balaban J connectivity index is 3.49. The molecule has 10 heavy (non-hydrogen) atoms. The molecule has 0 heterocycles. The maximum Gasteiger partial charge on any atom is 0.235 e. The molecular weight excluding hydrogens is 194 g/mol. The monoisotopic (exact) mass is 205 g/mol. The Morgan fingerprint density at radius 1 is 1.70 bits per heavy atom. The van der Waals surface area contributed by atoms with Crippen LogP contribution in [0.25, 0.3) is 0 Å². The molecule has 0 amide bonds. The van der Waals surface area contributed by atoms with Crippen LogP contribution in [0.15, 0.2) is 4.99 Å². The van der Waals surface area contributed by atoms with Crippen molar-refractivity contribution >= 4 is 22.0 Å². The lowest BCUT2D eigenvalue weighted by molar-refractivity contribution is 0.543. The topological polar surface area (TPSA) is 29.4 Å². The van der Waals surface area contributed by atoms with Gasteiger partial charge in [0.1, 0.15) is 0 Å². The third-order valence-electron chi connectivity index (χ3n) is 1.38. The fraction of sp³-hybridized carbons (Fsp3) is 0.857. The minimum atomic E-state index is 0.190. The zero-order chi connectivity index (χ0) is 7.82. The van der Waals surface area contributed by atoms with E-state index in [0.29, 0.717) is 0 Å². The molecule has 0 aliphatic rings. The van der Waals surface area contributed by atoms with Crippen LogP contribution < -0.4 is 0 Å². The van der Waals surface area contributed by atoms with Gasteiger partial charge in [-0.3, -0.25) is 0 Å². The lowest BCUT2D eigenvalue weighted by Gasteiger charge is -2.03. The summed E-state index contributed by atoms with van der Waals surface area (Å²) in [5.41, 5.74) is 0. The summed E-state index contributed by atoms with van der Waals surface area (Å²) < 4.78 is 0. The molecule has 1 unspecified atom stereocenters. The molecule has 58 valence electrons. The van der Waals surface area contributed by atoms with Crippen LogP contribution in [0.3, 0.4) is 0 Å². The third kappa shape index (κ3) is 4.71. The van der Waals surface area contributed by atoms with Crippen LogP contribution in [0.2, 0.25) is 0 Å². The molecule has 0 spiro atoms. The third-order valence-corrected chi connectivity index (χ3v) is 1.94. The van der Waals surface area contributed by atoms with Crippen LogP contribution in [0.5, 0.6) is 0 Å². The van der Waals surface area contributed by atoms with E-state index in [1.807, 2.05) is 6.92 Å². The van der Waals surface area contributed by atoms with Gasteiger partial charge in [0.2, 0.25) is 6.08 Å². The summed E-state index contributed by atoms with van der Waals surface area (Å²) in [6.45, 7) is 2.03. The van der Waals surface area contributed by atoms with Gasteiger partial charge in [-0.15, -0.1) is 0 Å². The van der Waals surface area contributed by atoms with E-state index < -0.39 is 0 Å². The van der Waals surface area contributed by atoms with E-state index in [9.17, 15) is 4.79 Å². The van der Waals surface area contributed by atoms with Gasteiger partial charge in [0.05, 0.1) is 6.04 Å². The van der Waals surface area contributed by atoms with Crippen LogP contribution in [-0.4, -0.2) is 17.5 Å². The van der Waals surface area contributed by atoms with Crippen molar-refractivity contribution in [2.45, 2.75) is 32.2 Å². The van der Waals surface area contributed by atoms with Gasteiger partial charge in [-0.25, -0.2) is 9.79 Å². The number of aliphatic imine (C=N–C) groups is 1. The first-order valence-electron chi connectivity index (χ1n) is 3.48. The van der Waals surface area contributed by atoms with Crippen molar-refractivity contribution in [3.05, 3.63) is 0 Å². The number of rotatable bonds is 5. The Morgan fingerprint density at radius 2 is 2.40 bits per heavy atom. The SMILES string of the molecule is CCC(CCCBr)N=C=O. The van der Waals surface area contributed by atoms with Gasteiger partial charge < -0.3 is 0 Å². The second-order valence-electron chi connectivity index (χ2n) is 2.11. The predicted molar refractivity (Wildman–Crippen MR) is 45.2 cm³/mol. The zero-order valence-electron chi connectivity index (χ0n) is 6.14. The highest BCUT2D eigenvalue weighted by molar-refractivity contribution is 9.09. The first kappa shape index (κ1) is 9.86. The molecule has 0 aliphatic heterocycles. The van der Waals surface area contributed by atoms with Gasteiger partial charge in [0, 0.05) is 5.33 Å². The quantitative estimate of drug-likeness (QED) is 0.385. The molecule has 0 radical (unpaired) electrons. The Labute approximate surface area is 69.9 Å². The first-order chi connectivity index (χ1) is 4.85. The second-order valence-corrected chi connectivity index (χ2v) is 2.91. The van der Waals surface area contributed by atoms with E-state index in [0.717, 1.165) is 24.6 Å². The highest BCUT2D eigenvalue weighted by Crippen LogP contribution is 2.06. The largest absolute Gasteiger partial charge is 0.235 e. The van der Waals surface area contributed by atoms with Crippen molar-refractivity contribution in [3.63, 3.8) is 0 Å². The summed E-state index contributed by atoms with van der Waals surface area (Å²) in [7, 11) is 0. The number of alkyl halides is 1. The molecule has 0 saturated heterocycles. The Hall–Kier alpha value is -0.140. The Kier molecular flexibility index (Phi) is 6.88. The molecule has 0 fully saturated rings. The minimum Gasteiger partial charge on any atom is -0.211 e. The summed E-state index contributed by atoms with van der Waals surface area (Å²) >= 11 is 3.32. The molecule has 0 N–H and O–H groups in total. The Bertz CT molecular complexity index is 121. The van der Waals surface area contributed by atoms with E-state index in [1.165, 1.54) is 0 Å². The van der Waals surface area contributed by atoms with Gasteiger partial charge in [-0.2, -0.15) is 0 Å². The molecule has 0 aromatic heterocycles. The Morgan fingerprint density at radius 3 is 2.80 bits per heavy atom. The number of halogens is 1. The molecule has 2 nitrogen and oxygen atoms in total. The van der Waals surface area contributed by atoms with E-state index in [-0.39, 0.29) is 6.04 Å². The predicted octanol–water partition coefficient (Wildman–Crippen LogP) is 2.28. The molecule has 0 aromatic carbocycles. The van der Waals surface area contributed by atoms with Crippen LogP contribution in [-0.2, 0) is 4.79 Å². The molecule has 0 aliphatic carbocycles. The van der Waals surface area contributed by atoms with Gasteiger partial charge in [-0.1, -0.05) is 22.9 Å². The molecule has 1 atom stereocenters. The fourth-order valence-electron chi connectivity index (χ4n) is 0.747. The number of nitrogens with zero attached hydrogens (tertiary/aromatic N) is 1. The van der Waals surface area contributed by atoms with Crippen LogP contribution in [0.4, 0.5) is 0 Å². The summed E-state index contributed by atoms with van der Waals surface area (Å²) in [5.74, 6) is 0. The minimum absolute atomic E-state index is 0.190. The number of hydrogen-bond acceptors (Lipinski definition) is 2. The normalized spacial score (nSPS) is 12.2. The van der Waals surface area contributed by atoms with E-state index in [4.69, 9.17) is 0 Å². The maximum atomic E-state index is 9.83. The van der Waals surface area contributed by atoms with Crippen LogP contribution in [0, 0.1) is 0 Å². The molecule has 3 heteroatoms. The van der Waals surface area contributed by atoms with Crippen molar-refractivity contribution in [1.29, 1.82) is 0 Å². The number of hydrogen-bond donors (Lipinski definition) is 0. The van der Waals surface area contributed by atoms with Crippen molar-refractivity contribution < 1.29 is 4.79 Å². The van der Waals surface area contributed by atoms with Crippen molar-refractivity contribution in [3.8, 4) is 0 Å². The molecular formula is C7H12BrNO. The lowest BCUT2D eigenvalue weighted by Crippen LogP contribution is -2.01. The average Bonchev–Trinajstić information content (AvgIpc) is 1.98. The first-order valence-corrected chi connectivity index (χ1v) is 4.60. The van der Waals surface area contributed by atoms with Gasteiger partial charge in [0.15, 0.2) is 0 Å². The van der Waals surface area contributed by atoms with Gasteiger partial charge >= 0.3 is 0 Å².